The second-order valence-electron chi connectivity index (χ2n) is 4.45. The predicted molar refractivity (Wildman–Crippen MR) is 72.4 cm³/mol. The molecule has 2 N–H and O–H groups in total. The van der Waals surface area contributed by atoms with E-state index in [4.69, 9.17) is 4.74 Å². The molecule has 3 unspecified atom stereocenters. The number of ether oxygens (including phenoxy) is 1. The number of carbonyl (C=O) groups is 1. The maximum Gasteiger partial charge on any atom is 0.237 e. The lowest BCUT2D eigenvalue weighted by Crippen LogP contribution is -2.44. The summed E-state index contributed by atoms with van der Waals surface area (Å²) in [5.74, 6) is 2.36. The topological polar surface area (TPSA) is 50.4 Å². The van der Waals surface area contributed by atoms with Crippen molar-refractivity contribution in [3.8, 4) is 0 Å². The fourth-order valence-corrected chi connectivity index (χ4v) is 2.71. The number of rotatable bonds is 7. The van der Waals surface area contributed by atoms with Crippen molar-refractivity contribution in [1.29, 1.82) is 0 Å². The Morgan fingerprint density at radius 1 is 1.65 bits per heavy atom. The van der Waals surface area contributed by atoms with Crippen LogP contribution < -0.4 is 10.6 Å². The molecule has 5 heteroatoms. The Morgan fingerprint density at radius 3 is 3.00 bits per heavy atom. The molecule has 0 aromatic rings. The van der Waals surface area contributed by atoms with Crippen LogP contribution >= 0.6 is 11.8 Å². The summed E-state index contributed by atoms with van der Waals surface area (Å²) in [6.45, 7) is 4.99. The number of hydrogen-bond acceptors (Lipinski definition) is 4. The lowest BCUT2D eigenvalue weighted by molar-refractivity contribution is -0.123. The van der Waals surface area contributed by atoms with E-state index < -0.39 is 0 Å². The molecule has 0 aromatic heterocycles. The number of amides is 1. The average Bonchev–Trinajstić information content (AvgIpc) is 2.78. The molecular weight excluding hydrogens is 236 g/mol. The quantitative estimate of drug-likeness (QED) is 0.671. The highest BCUT2D eigenvalue weighted by molar-refractivity contribution is 7.99. The summed E-state index contributed by atoms with van der Waals surface area (Å²) < 4.78 is 5.23. The van der Waals surface area contributed by atoms with Gasteiger partial charge in [-0.05, 0) is 31.3 Å². The number of methoxy groups -OCH3 is 1. The first-order valence-corrected chi connectivity index (χ1v) is 7.47. The SMILES string of the molecule is CCSCCC(C)NC(=O)C1CC(OC)CN1. The van der Waals surface area contributed by atoms with E-state index >= 15 is 0 Å². The van der Waals surface area contributed by atoms with E-state index in [0.717, 1.165) is 30.9 Å². The van der Waals surface area contributed by atoms with E-state index in [1.165, 1.54) is 0 Å². The fraction of sp³-hybridized carbons (Fsp3) is 0.917. The highest BCUT2D eigenvalue weighted by Crippen LogP contribution is 2.10. The van der Waals surface area contributed by atoms with Gasteiger partial charge in [-0.1, -0.05) is 6.92 Å². The Bertz CT molecular complexity index is 239. The van der Waals surface area contributed by atoms with Crippen LogP contribution in [0.4, 0.5) is 0 Å². The number of nitrogens with one attached hydrogen (secondary N) is 2. The molecule has 1 heterocycles. The van der Waals surface area contributed by atoms with Gasteiger partial charge in [-0.15, -0.1) is 0 Å². The van der Waals surface area contributed by atoms with Crippen LogP contribution in [-0.4, -0.2) is 49.3 Å². The Morgan fingerprint density at radius 2 is 2.41 bits per heavy atom. The van der Waals surface area contributed by atoms with E-state index in [0.29, 0.717) is 0 Å². The Hall–Kier alpha value is -0.260. The highest BCUT2D eigenvalue weighted by atomic mass is 32.2. The maximum absolute atomic E-state index is 11.9. The Kier molecular flexibility index (Phi) is 6.92. The first kappa shape index (κ1) is 14.8. The Balaban J connectivity index is 2.20. The zero-order chi connectivity index (χ0) is 12.7. The van der Waals surface area contributed by atoms with Gasteiger partial charge in [0.25, 0.3) is 0 Å². The fourth-order valence-electron chi connectivity index (χ4n) is 1.90. The maximum atomic E-state index is 11.9. The first-order chi connectivity index (χ1) is 8.17. The van der Waals surface area contributed by atoms with Crippen molar-refractivity contribution in [2.75, 3.05) is 25.2 Å². The third-order valence-corrected chi connectivity index (χ3v) is 3.96. The summed E-state index contributed by atoms with van der Waals surface area (Å²) in [6.07, 6.45) is 1.99. The molecular formula is C12H24N2O2S. The molecule has 4 nitrogen and oxygen atoms in total. The minimum atomic E-state index is -0.0822. The summed E-state index contributed by atoms with van der Waals surface area (Å²) in [5.41, 5.74) is 0. The molecule has 1 aliphatic heterocycles. The van der Waals surface area contributed by atoms with Crippen LogP contribution in [0.5, 0.6) is 0 Å². The standard InChI is InChI=1S/C12H24N2O2S/c1-4-17-6-5-9(2)14-12(15)11-7-10(16-3)8-13-11/h9-11,13H,4-8H2,1-3H3,(H,14,15). The molecule has 1 aliphatic rings. The summed E-state index contributed by atoms with van der Waals surface area (Å²) >= 11 is 1.91. The van der Waals surface area contributed by atoms with Crippen LogP contribution in [0, 0.1) is 0 Å². The van der Waals surface area contributed by atoms with Crippen LogP contribution in [0.2, 0.25) is 0 Å². The van der Waals surface area contributed by atoms with Crippen LogP contribution in [0.1, 0.15) is 26.7 Å². The lowest BCUT2D eigenvalue weighted by Gasteiger charge is -2.17. The van der Waals surface area contributed by atoms with Crippen molar-refractivity contribution in [2.45, 2.75) is 44.9 Å². The molecule has 0 aliphatic carbocycles. The van der Waals surface area contributed by atoms with Crippen molar-refractivity contribution in [1.82, 2.24) is 10.6 Å². The van der Waals surface area contributed by atoms with Gasteiger partial charge in [0.2, 0.25) is 5.91 Å². The van der Waals surface area contributed by atoms with Gasteiger partial charge < -0.3 is 15.4 Å². The second kappa shape index (κ2) is 7.95. The average molecular weight is 260 g/mol. The van der Waals surface area contributed by atoms with E-state index in [9.17, 15) is 4.79 Å². The van der Waals surface area contributed by atoms with Crippen molar-refractivity contribution in [2.24, 2.45) is 0 Å². The van der Waals surface area contributed by atoms with Crippen LogP contribution in [0.3, 0.4) is 0 Å². The molecule has 1 rings (SSSR count). The van der Waals surface area contributed by atoms with E-state index in [-0.39, 0.29) is 24.1 Å². The minimum Gasteiger partial charge on any atom is -0.380 e. The molecule has 100 valence electrons. The van der Waals surface area contributed by atoms with Gasteiger partial charge in [0, 0.05) is 19.7 Å². The van der Waals surface area contributed by atoms with Gasteiger partial charge in [0.05, 0.1) is 12.1 Å². The number of carbonyl (C=O) groups excluding carboxylic acids is 1. The van der Waals surface area contributed by atoms with Gasteiger partial charge >= 0.3 is 0 Å². The molecule has 3 atom stereocenters. The molecule has 0 saturated carbocycles. The van der Waals surface area contributed by atoms with Crippen LogP contribution in [-0.2, 0) is 9.53 Å². The zero-order valence-corrected chi connectivity index (χ0v) is 11.8. The lowest BCUT2D eigenvalue weighted by atomic mass is 10.1. The summed E-state index contributed by atoms with van der Waals surface area (Å²) in [5, 5.41) is 6.24. The molecule has 0 bridgehead atoms. The van der Waals surface area contributed by atoms with Gasteiger partial charge in [0.15, 0.2) is 0 Å². The Labute approximate surface area is 108 Å². The van der Waals surface area contributed by atoms with Crippen LogP contribution in [0.15, 0.2) is 0 Å². The normalized spacial score (nSPS) is 25.8. The highest BCUT2D eigenvalue weighted by Gasteiger charge is 2.29. The van der Waals surface area contributed by atoms with Crippen molar-refractivity contribution in [3.63, 3.8) is 0 Å². The van der Waals surface area contributed by atoms with Crippen molar-refractivity contribution < 1.29 is 9.53 Å². The number of hydrogen-bond donors (Lipinski definition) is 2. The number of thioether (sulfide) groups is 1. The van der Waals surface area contributed by atoms with Crippen LogP contribution in [0.25, 0.3) is 0 Å². The molecule has 0 spiro atoms. The van der Waals surface area contributed by atoms with Crippen molar-refractivity contribution in [3.05, 3.63) is 0 Å². The summed E-state index contributed by atoms with van der Waals surface area (Å²) in [7, 11) is 1.69. The van der Waals surface area contributed by atoms with Gasteiger partial charge in [-0.2, -0.15) is 11.8 Å². The monoisotopic (exact) mass is 260 g/mol. The second-order valence-corrected chi connectivity index (χ2v) is 5.84. The molecule has 1 amide bonds. The summed E-state index contributed by atoms with van der Waals surface area (Å²) in [6, 6.07) is 0.172. The first-order valence-electron chi connectivity index (χ1n) is 6.31. The van der Waals surface area contributed by atoms with E-state index in [2.05, 4.69) is 24.5 Å². The van der Waals surface area contributed by atoms with Gasteiger partial charge in [-0.25, -0.2) is 0 Å². The molecule has 17 heavy (non-hydrogen) atoms. The van der Waals surface area contributed by atoms with Crippen molar-refractivity contribution >= 4 is 17.7 Å². The minimum absolute atomic E-state index is 0.0822. The van der Waals surface area contributed by atoms with E-state index in [1.54, 1.807) is 7.11 Å². The molecule has 1 saturated heterocycles. The molecule has 0 radical (unpaired) electrons. The third kappa shape index (κ3) is 5.27. The smallest absolute Gasteiger partial charge is 0.237 e. The van der Waals surface area contributed by atoms with E-state index in [1.807, 2.05) is 11.8 Å². The largest absolute Gasteiger partial charge is 0.380 e. The zero-order valence-electron chi connectivity index (χ0n) is 11.0. The summed E-state index contributed by atoms with van der Waals surface area (Å²) in [4.78, 5) is 11.9. The predicted octanol–water partition coefficient (Wildman–Crippen LogP) is 1.01. The van der Waals surface area contributed by atoms with Gasteiger partial charge in [0.1, 0.15) is 0 Å². The molecule has 1 fully saturated rings. The van der Waals surface area contributed by atoms with Gasteiger partial charge in [-0.3, -0.25) is 4.79 Å². The molecule has 0 aromatic carbocycles. The third-order valence-electron chi connectivity index (χ3n) is 3.03.